The highest BCUT2D eigenvalue weighted by molar-refractivity contribution is 7.92. The molecule has 1 saturated heterocycles. The molecule has 2 aliphatic heterocycles. The number of nitrogens with two attached hydrogens (primary N) is 1. The van der Waals surface area contributed by atoms with Crippen LogP contribution in [-0.2, 0) is 85.0 Å². The molecule has 10 N–H and O–H groups in total. The Morgan fingerprint density at radius 3 is 1.07 bits per heavy atom. The normalized spacial score (nSPS) is 12.7. The van der Waals surface area contributed by atoms with Crippen molar-refractivity contribution in [1.82, 2.24) is 169 Å². The fourth-order valence-corrected chi connectivity index (χ4v) is 20.6. The second kappa shape index (κ2) is 43.4. The van der Waals surface area contributed by atoms with Crippen molar-refractivity contribution in [3.05, 3.63) is 224 Å². The van der Waals surface area contributed by atoms with E-state index in [1.165, 1.54) is 37.2 Å². The van der Waals surface area contributed by atoms with Crippen molar-refractivity contribution in [3.63, 3.8) is 0 Å². The molecule has 19 aromatic rings. The molecule has 21 rings (SSSR count). The van der Waals surface area contributed by atoms with Crippen molar-refractivity contribution < 1.29 is 78.0 Å². The van der Waals surface area contributed by atoms with E-state index in [0.717, 1.165) is 95.9 Å². The van der Waals surface area contributed by atoms with Gasteiger partial charge in [0.25, 0.3) is 0 Å². The van der Waals surface area contributed by atoms with Crippen LogP contribution in [0.3, 0.4) is 0 Å². The van der Waals surface area contributed by atoms with Crippen molar-refractivity contribution >= 4 is 103 Å². The van der Waals surface area contributed by atoms with Gasteiger partial charge in [-0.25, -0.2) is 93.8 Å². The van der Waals surface area contributed by atoms with Gasteiger partial charge in [-0.15, -0.1) is 61.2 Å². The van der Waals surface area contributed by atoms with E-state index in [4.69, 9.17) is 15.2 Å². The highest BCUT2D eigenvalue weighted by atomic mass is 32.2. The van der Waals surface area contributed by atoms with Crippen molar-refractivity contribution in [2.24, 2.45) is 5.73 Å². The Morgan fingerprint density at radius 1 is 0.365 bits per heavy atom. The van der Waals surface area contributed by atoms with Crippen LogP contribution in [0.1, 0.15) is 15.9 Å². The Kier molecular flexibility index (Phi) is 30.2. The summed E-state index contributed by atoms with van der Waals surface area (Å²) in [7, 11) is -25.0. The molecule has 5 aromatic carbocycles. The van der Waals surface area contributed by atoms with Gasteiger partial charge in [0.1, 0.15) is 18.2 Å². The molecule has 0 aliphatic carbocycles. The van der Waals surface area contributed by atoms with Crippen LogP contribution < -0.4 is 20.1 Å². The molecule has 148 heavy (non-hydrogen) atoms. The molecule has 14 aromatic heterocycles. The number of Topliss-reactive ketones (excluding diaryl/α,β-unsaturated/α-hetero) is 1. The Balaban J connectivity index is 0.000000127. The zero-order chi connectivity index (χ0) is 105. The molecule has 2 aliphatic rings. The number of anilines is 2. The monoisotopic (exact) mass is 2140 g/mol. The molecule has 0 saturated carbocycles. The molecule has 756 valence electrons. The van der Waals surface area contributed by atoms with Crippen molar-refractivity contribution in [1.29, 1.82) is 0 Å². The molecule has 1 fully saturated rings. The van der Waals surface area contributed by atoms with Crippen LogP contribution in [0.5, 0.6) is 5.75 Å². The SMILES string of the molecule is CS(=O)(=O)Nc1ccc(-c2ccnc(S(C)(=O)=O)c2-c2nn[nH]n2)cc1.CS(=O)(=O)c1nccc(-c2ccc(N3CCOCC3)nc2)c1-c1nn[nH]n1.CS(=O)(=O)c1nccc(-c2ccc3c(c2)OCC(=O)C3)c1-c1nn[nH]n1.CS(=O)(=O)c1nccc(-c2ccc3cn[nH]c3c2)c1-c1nn[nH]n1.CS(=O)(=O)c1nccc(-c2cccc(C(N)=O)c2)c1-c1nn[nH]n1.CS(=O)(=O)c1nccc(-c2ccccc2)c1-c1nn[nH]n1. The van der Waals surface area contributed by atoms with Gasteiger partial charge < -0.3 is 20.1 Å². The van der Waals surface area contributed by atoms with Gasteiger partial charge in [0, 0.05) is 128 Å². The summed E-state index contributed by atoms with van der Waals surface area (Å²) in [6, 6.07) is 47.2. The zero-order valence-electron chi connectivity index (χ0n) is 77.8. The highest BCUT2D eigenvalue weighted by Gasteiger charge is 2.32. The number of nitrogens with one attached hydrogen (secondary N) is 8. The van der Waals surface area contributed by atoms with Gasteiger partial charge in [0.05, 0.1) is 64.6 Å². The third-order valence-corrected chi connectivity index (χ3v) is 28.0. The summed E-state index contributed by atoms with van der Waals surface area (Å²) in [6.45, 7) is 2.95. The number of ketones is 1. The summed E-state index contributed by atoms with van der Waals surface area (Å²) < 4.78 is 181. The second-order valence-corrected chi connectivity index (χ2v) is 45.4. The van der Waals surface area contributed by atoms with Crippen LogP contribution in [-0.4, -0.2) is 316 Å². The lowest BCUT2D eigenvalue weighted by atomic mass is 9.97. The first-order chi connectivity index (χ1) is 70.6. The maximum Gasteiger partial charge on any atom is 0.248 e. The van der Waals surface area contributed by atoms with Gasteiger partial charge in [-0.2, -0.15) is 36.4 Å². The summed E-state index contributed by atoms with van der Waals surface area (Å²) in [4.78, 5) is 53.5. The lowest BCUT2D eigenvalue weighted by molar-refractivity contribution is -0.121. The third-order valence-electron chi connectivity index (χ3n) is 21.4. The van der Waals surface area contributed by atoms with Crippen LogP contribution >= 0.6 is 0 Å². The molecule has 0 bridgehead atoms. The van der Waals surface area contributed by atoms with Crippen LogP contribution in [0.25, 0.3) is 146 Å². The van der Waals surface area contributed by atoms with E-state index in [2.05, 4.69) is 178 Å². The number of pyridine rings is 7. The Bertz CT molecular complexity index is 8970. The summed E-state index contributed by atoms with van der Waals surface area (Å²) in [5.74, 6) is 1.70. The maximum atomic E-state index is 12.2. The molecule has 54 nitrogen and oxygen atoms in total. The van der Waals surface area contributed by atoms with Gasteiger partial charge in [0.15, 0.2) is 95.0 Å². The Hall–Kier alpha value is -17.8. The minimum atomic E-state index is -3.65. The quantitative estimate of drug-likeness (QED) is 0.0427. The highest BCUT2D eigenvalue weighted by Crippen LogP contribution is 2.43. The lowest BCUT2D eigenvalue weighted by Crippen LogP contribution is -2.36. The predicted molar refractivity (Wildman–Crippen MR) is 527 cm³/mol. The number of aromatic amines is 7. The number of amides is 1. The van der Waals surface area contributed by atoms with Gasteiger partial charge in [-0.3, -0.25) is 19.4 Å². The number of morpholine rings is 1. The molecular weight excluding hydrogens is 2060 g/mol. The summed E-state index contributed by atoms with van der Waals surface area (Å²) in [5.41, 5.74) is 17.1. The molecule has 1 amide bonds. The number of H-pyrrole nitrogens is 7. The van der Waals surface area contributed by atoms with Crippen LogP contribution in [0.2, 0.25) is 0 Å². The fourth-order valence-electron chi connectivity index (χ4n) is 15.1. The number of hydrogen-bond acceptors (Lipinski definition) is 45. The number of tetrazole rings is 6. The van der Waals surface area contributed by atoms with Gasteiger partial charge in [-0.1, -0.05) is 78.9 Å². The minimum absolute atomic E-state index is 0.0148. The number of carbonyl (C=O) groups excluding carboxylic acids is 2. The number of sulfonamides is 1. The first-order valence-corrected chi connectivity index (χ1v) is 56.0. The van der Waals surface area contributed by atoms with E-state index < -0.39 is 75.0 Å². The molecular formula is C87H78N36O18S7. The molecule has 61 heteroatoms. The average molecular weight is 2140 g/mol. The van der Waals surface area contributed by atoms with E-state index in [1.54, 1.807) is 116 Å². The second-order valence-electron chi connectivity index (χ2n) is 32.0. The fraction of sp³-hybridized carbons (Fsp3) is 0.149. The molecule has 0 atom stereocenters. The molecule has 0 radical (unpaired) electrons. The number of rotatable bonds is 22. The summed E-state index contributed by atoms with van der Waals surface area (Å²) >= 11 is 0. The molecule has 0 unspecified atom stereocenters. The van der Waals surface area contributed by atoms with Crippen LogP contribution in [0.15, 0.2) is 244 Å². The standard InChI is InChI=1S/C16H17N7O3S.C16H13N5O4S.C14H11N7O2S.C14H14N6O4S2.C14H12N6O3S.C13H11N5O2S/c1-27(24,25)16-14(15-19-21-22-20-15)12(4-5-17-16)11-2-3-13(18-10-11)23-6-8-26-9-7-23;1-26(23,24)16-14(15-18-20-21-19-15)12(4-5-17-16)9-2-3-10-6-11(22)8-25-13(10)7-9;1-24(22,23)14-12(13-18-20-21-19-13)10(4-5-15-14)8-2-3-9-7-16-17-11(9)6-8;1-25(21,22)14-12(13-16-19-20-17-13)11(7-8-15-14)9-3-5-10(6-4-9)18-26(2,23)24;1-24(22,23)14-11(13-17-19-20-18-13)10(5-6-16-14)8-3-2-4-9(7-8)12(15)21;1-21(19,20)13-11(12-15-17-18-16-12)10(7-8-14-13)9-5-3-2-4-6-9/h2-5,10H,6-9H2,1H3,(H,19,20,21,22);2-5,7H,6,8H2,1H3,(H,18,19,20,21);2-7H,1H3,(H,16,17)(H,18,19,20,21);3-8,18H,1-2H3,(H,16,17,19,20);2-7H,1H3,(H2,15,21)(H,17,18,19,20);2-8H,1H3,(H,15,16,17,18). The van der Waals surface area contributed by atoms with Crippen molar-refractivity contribution in [3.8, 4) is 141 Å². The molecule has 0 spiro atoms. The Labute approximate surface area is 838 Å². The number of sulfone groups is 6. The van der Waals surface area contributed by atoms with E-state index in [0.29, 0.717) is 103 Å². The minimum Gasteiger partial charge on any atom is -0.486 e. The van der Waals surface area contributed by atoms with Crippen LogP contribution in [0.4, 0.5) is 11.5 Å². The lowest BCUT2D eigenvalue weighted by Gasteiger charge is -2.27. The smallest absolute Gasteiger partial charge is 0.248 e. The van der Waals surface area contributed by atoms with E-state index in [9.17, 15) is 68.5 Å². The zero-order valence-corrected chi connectivity index (χ0v) is 83.5. The number of hydrogen-bond donors (Lipinski definition) is 9. The predicted octanol–water partition coefficient (Wildman–Crippen LogP) is 5.08. The number of primary amides is 1. The number of benzene rings is 5. The van der Waals surface area contributed by atoms with Gasteiger partial charge in [-0.05, 0) is 177 Å². The average Bonchev–Trinajstić information content (AvgIpc) is 1.32. The number of aromatic nitrogens is 33. The summed E-state index contributed by atoms with van der Waals surface area (Å²) in [5, 5.41) is 88.9. The molecule has 16 heterocycles. The largest absolute Gasteiger partial charge is 0.486 e. The first kappa shape index (κ1) is 103. The summed E-state index contributed by atoms with van der Waals surface area (Å²) in [6.07, 6.45) is 19.8. The van der Waals surface area contributed by atoms with E-state index >= 15 is 0 Å². The van der Waals surface area contributed by atoms with E-state index in [-0.39, 0.29) is 94.2 Å². The topological polar surface area (TPSA) is 779 Å². The number of ether oxygens (including phenoxy) is 2. The number of nitrogens with zero attached hydrogens (tertiary/aromatic N) is 27. The third kappa shape index (κ3) is 24.3. The maximum absolute atomic E-state index is 12.2. The van der Waals surface area contributed by atoms with Crippen LogP contribution in [0, 0.1) is 0 Å². The number of fused-ring (bicyclic) bond motifs is 2. The first-order valence-electron chi connectivity index (χ1n) is 42.7. The van der Waals surface area contributed by atoms with Crippen molar-refractivity contribution in [2.75, 3.05) is 86.3 Å². The van der Waals surface area contributed by atoms with Crippen molar-refractivity contribution in [2.45, 2.75) is 36.6 Å². The van der Waals surface area contributed by atoms with E-state index in [1.807, 2.05) is 60.7 Å². The van der Waals surface area contributed by atoms with Gasteiger partial charge >= 0.3 is 0 Å². The Morgan fingerprint density at radius 2 is 0.709 bits per heavy atom. The number of carbonyl (C=O) groups is 2. The van der Waals surface area contributed by atoms with Gasteiger partial charge in [0.2, 0.25) is 50.9 Å².